The summed E-state index contributed by atoms with van der Waals surface area (Å²) in [5, 5.41) is 8.25. The van der Waals surface area contributed by atoms with Crippen molar-refractivity contribution in [1.82, 2.24) is 10.6 Å². The number of hydrogen-bond acceptors (Lipinski definition) is 3. The standard InChI is InChI=1S/C26H34N2O3.C2H6/c1-17(2)25(30)24(15-20-10-11-21-6-4-5-7-23(21)14-20)28-26(31)22-12-8-19(9-13-22)16-27-18(3)29;1-2/h4-7,10-11,14,17,19,22,24H,8-9,12-13,15-16H2,1-3H3,(H,27,29)(H,28,31);1-2H3. The largest absolute Gasteiger partial charge is 0.356 e. The maximum absolute atomic E-state index is 13.0. The SMILES string of the molecule is CC.CC(=O)NCC1CCC(C(=O)NC(Cc2ccc3ccccc3c2)C(=O)C(C)C)CC1. The summed E-state index contributed by atoms with van der Waals surface area (Å²) in [4.78, 5) is 37.0. The number of amides is 2. The number of rotatable bonds is 8. The van der Waals surface area contributed by atoms with Crippen molar-refractivity contribution in [2.24, 2.45) is 17.8 Å². The lowest BCUT2D eigenvalue weighted by molar-refractivity contribution is -0.132. The van der Waals surface area contributed by atoms with Gasteiger partial charge in [0, 0.05) is 25.3 Å². The highest BCUT2D eigenvalue weighted by Gasteiger charge is 2.30. The lowest BCUT2D eigenvalue weighted by Crippen LogP contribution is -2.47. The average Bonchev–Trinajstić information content (AvgIpc) is 2.83. The van der Waals surface area contributed by atoms with Crippen LogP contribution in [0.4, 0.5) is 0 Å². The van der Waals surface area contributed by atoms with Gasteiger partial charge in [-0.3, -0.25) is 14.4 Å². The van der Waals surface area contributed by atoms with Crippen LogP contribution in [0.25, 0.3) is 10.8 Å². The van der Waals surface area contributed by atoms with Gasteiger partial charge in [-0.05, 0) is 54.4 Å². The van der Waals surface area contributed by atoms with Gasteiger partial charge in [0.15, 0.2) is 5.78 Å². The lowest BCUT2D eigenvalue weighted by atomic mass is 9.81. The molecule has 2 aromatic rings. The van der Waals surface area contributed by atoms with Gasteiger partial charge in [-0.2, -0.15) is 0 Å². The third kappa shape index (κ3) is 7.99. The van der Waals surface area contributed by atoms with Gasteiger partial charge < -0.3 is 10.6 Å². The molecule has 1 saturated carbocycles. The smallest absolute Gasteiger partial charge is 0.223 e. The van der Waals surface area contributed by atoms with E-state index in [1.165, 1.54) is 6.92 Å². The number of carbonyl (C=O) groups excluding carboxylic acids is 3. The number of hydrogen-bond donors (Lipinski definition) is 2. The van der Waals surface area contributed by atoms with Crippen molar-refractivity contribution in [3.8, 4) is 0 Å². The first-order chi connectivity index (χ1) is 15.8. The van der Waals surface area contributed by atoms with Gasteiger partial charge in [0.2, 0.25) is 11.8 Å². The predicted octanol–water partition coefficient (Wildman–Crippen LogP) is 5.06. The first-order valence-corrected chi connectivity index (χ1v) is 12.4. The number of carbonyl (C=O) groups is 3. The average molecular weight is 453 g/mol. The van der Waals surface area contributed by atoms with E-state index in [1.807, 2.05) is 45.9 Å². The van der Waals surface area contributed by atoms with Gasteiger partial charge in [-0.25, -0.2) is 0 Å². The summed E-state index contributed by atoms with van der Waals surface area (Å²) in [6.07, 6.45) is 3.95. The second kappa shape index (κ2) is 13.1. The minimum absolute atomic E-state index is 0.0106. The fourth-order valence-electron chi connectivity index (χ4n) is 4.43. The highest BCUT2D eigenvalue weighted by molar-refractivity contribution is 5.91. The Morgan fingerprint density at radius 2 is 1.58 bits per heavy atom. The summed E-state index contributed by atoms with van der Waals surface area (Å²) >= 11 is 0. The lowest BCUT2D eigenvalue weighted by Gasteiger charge is -2.29. The molecule has 0 radical (unpaired) electrons. The van der Waals surface area contributed by atoms with Crippen LogP contribution in [0.2, 0.25) is 0 Å². The molecule has 0 aromatic heterocycles. The molecule has 2 aromatic carbocycles. The molecular weight excluding hydrogens is 412 g/mol. The maximum atomic E-state index is 13.0. The fraction of sp³-hybridized carbons (Fsp3) is 0.536. The van der Waals surface area contributed by atoms with Crippen molar-refractivity contribution in [1.29, 1.82) is 0 Å². The summed E-state index contributed by atoms with van der Waals surface area (Å²) in [5.41, 5.74) is 1.05. The van der Waals surface area contributed by atoms with Crippen LogP contribution >= 0.6 is 0 Å². The zero-order valence-electron chi connectivity index (χ0n) is 20.8. The normalized spacial score (nSPS) is 18.7. The predicted molar refractivity (Wildman–Crippen MR) is 135 cm³/mol. The van der Waals surface area contributed by atoms with Crippen molar-refractivity contribution in [3.05, 3.63) is 48.0 Å². The van der Waals surface area contributed by atoms with Crippen molar-refractivity contribution in [3.63, 3.8) is 0 Å². The molecule has 1 fully saturated rings. The number of Topliss-reactive ketones (excluding diaryl/α,β-unsaturated/α-hetero) is 1. The van der Waals surface area contributed by atoms with Gasteiger partial charge in [-0.15, -0.1) is 0 Å². The van der Waals surface area contributed by atoms with Crippen LogP contribution in [0.15, 0.2) is 42.5 Å². The van der Waals surface area contributed by atoms with E-state index in [2.05, 4.69) is 34.9 Å². The minimum Gasteiger partial charge on any atom is -0.356 e. The summed E-state index contributed by atoms with van der Waals surface area (Å²) in [6, 6.07) is 13.9. The van der Waals surface area contributed by atoms with Crippen LogP contribution in [0.3, 0.4) is 0 Å². The van der Waals surface area contributed by atoms with Crippen molar-refractivity contribution >= 4 is 28.4 Å². The molecule has 0 saturated heterocycles. The summed E-state index contributed by atoms with van der Waals surface area (Å²) < 4.78 is 0. The van der Waals surface area contributed by atoms with Gasteiger partial charge in [0.1, 0.15) is 0 Å². The topological polar surface area (TPSA) is 75.3 Å². The van der Waals surface area contributed by atoms with E-state index in [4.69, 9.17) is 0 Å². The van der Waals surface area contributed by atoms with Crippen LogP contribution < -0.4 is 10.6 Å². The molecule has 5 nitrogen and oxygen atoms in total. The van der Waals surface area contributed by atoms with E-state index in [-0.39, 0.29) is 29.4 Å². The molecule has 5 heteroatoms. The Balaban J connectivity index is 0.00000187. The minimum atomic E-state index is -0.509. The zero-order chi connectivity index (χ0) is 24.4. The van der Waals surface area contributed by atoms with Crippen LogP contribution in [0.5, 0.6) is 0 Å². The van der Waals surface area contributed by atoms with Gasteiger partial charge in [-0.1, -0.05) is 70.2 Å². The summed E-state index contributed by atoms with van der Waals surface area (Å²) in [7, 11) is 0. The highest BCUT2D eigenvalue weighted by Crippen LogP contribution is 2.29. The molecule has 3 rings (SSSR count). The van der Waals surface area contributed by atoms with Crippen molar-refractivity contribution < 1.29 is 14.4 Å². The van der Waals surface area contributed by atoms with E-state index < -0.39 is 6.04 Å². The Hall–Kier alpha value is -2.69. The van der Waals surface area contributed by atoms with E-state index >= 15 is 0 Å². The van der Waals surface area contributed by atoms with Crippen molar-refractivity contribution in [2.75, 3.05) is 6.54 Å². The maximum Gasteiger partial charge on any atom is 0.223 e. The molecule has 0 heterocycles. The molecule has 0 bridgehead atoms. The molecule has 2 N–H and O–H groups in total. The second-order valence-electron chi connectivity index (χ2n) is 9.16. The quantitative estimate of drug-likeness (QED) is 0.588. The third-order valence-electron chi connectivity index (χ3n) is 6.34. The van der Waals surface area contributed by atoms with E-state index in [0.29, 0.717) is 18.9 Å². The molecule has 1 aliphatic rings. The summed E-state index contributed by atoms with van der Waals surface area (Å²) in [6.45, 7) is 9.98. The number of fused-ring (bicyclic) bond motifs is 1. The first-order valence-electron chi connectivity index (χ1n) is 12.4. The third-order valence-corrected chi connectivity index (χ3v) is 6.34. The first kappa shape index (κ1) is 26.6. The van der Waals surface area contributed by atoms with Crippen molar-refractivity contribution in [2.45, 2.75) is 72.8 Å². The Kier molecular flexibility index (Phi) is 10.6. The van der Waals surface area contributed by atoms with E-state index in [0.717, 1.165) is 42.0 Å². The van der Waals surface area contributed by atoms with Crippen LogP contribution in [0, 0.1) is 17.8 Å². The number of ketones is 1. The second-order valence-corrected chi connectivity index (χ2v) is 9.16. The molecule has 1 unspecified atom stereocenters. The Bertz CT molecular complexity index is 930. The van der Waals surface area contributed by atoms with Gasteiger partial charge in [0.25, 0.3) is 0 Å². The Morgan fingerprint density at radius 1 is 0.939 bits per heavy atom. The summed E-state index contributed by atoms with van der Waals surface area (Å²) in [5.74, 6) is 0.271. The zero-order valence-corrected chi connectivity index (χ0v) is 20.8. The number of nitrogens with one attached hydrogen (secondary N) is 2. The molecule has 1 atom stereocenters. The monoisotopic (exact) mass is 452 g/mol. The molecule has 0 aliphatic heterocycles. The molecule has 1 aliphatic carbocycles. The van der Waals surface area contributed by atoms with Crippen LogP contribution in [-0.2, 0) is 20.8 Å². The van der Waals surface area contributed by atoms with Gasteiger partial charge in [0.05, 0.1) is 6.04 Å². The molecule has 0 spiro atoms. The number of benzene rings is 2. The van der Waals surface area contributed by atoms with E-state index in [9.17, 15) is 14.4 Å². The van der Waals surface area contributed by atoms with Crippen LogP contribution in [-0.4, -0.2) is 30.2 Å². The van der Waals surface area contributed by atoms with Crippen LogP contribution in [0.1, 0.15) is 65.9 Å². The molecule has 2 amide bonds. The van der Waals surface area contributed by atoms with Gasteiger partial charge >= 0.3 is 0 Å². The highest BCUT2D eigenvalue weighted by atomic mass is 16.2. The Labute approximate surface area is 198 Å². The molecular formula is C28H40N2O3. The molecule has 180 valence electrons. The van der Waals surface area contributed by atoms with E-state index in [1.54, 1.807) is 0 Å². The fourth-order valence-corrected chi connectivity index (χ4v) is 4.43. The molecule has 33 heavy (non-hydrogen) atoms. The Morgan fingerprint density at radius 3 is 2.18 bits per heavy atom.